The number of aliphatic hydroxyl groups excluding tert-OH is 1. The van der Waals surface area contributed by atoms with Crippen LogP contribution in [0.3, 0.4) is 0 Å². The molecule has 0 amide bonds. The van der Waals surface area contributed by atoms with Crippen LogP contribution in [0.1, 0.15) is 18.9 Å². The van der Waals surface area contributed by atoms with E-state index in [4.69, 9.17) is 18.9 Å². The topological polar surface area (TPSA) is 74.2 Å². The Labute approximate surface area is 178 Å². The van der Waals surface area contributed by atoms with Crippen molar-refractivity contribution in [3.05, 3.63) is 54.1 Å². The molecule has 2 aliphatic rings. The van der Waals surface area contributed by atoms with E-state index in [2.05, 4.69) is 13.2 Å². The molecule has 0 spiro atoms. The van der Waals surface area contributed by atoms with E-state index in [-0.39, 0.29) is 43.0 Å². The normalized spacial score (nSPS) is 31.1. The molecule has 30 heavy (non-hydrogen) atoms. The van der Waals surface area contributed by atoms with E-state index in [1.807, 2.05) is 31.2 Å². The lowest BCUT2D eigenvalue weighted by Crippen LogP contribution is -2.35. The van der Waals surface area contributed by atoms with Gasteiger partial charge in [-0.2, -0.15) is 0 Å². The summed E-state index contributed by atoms with van der Waals surface area (Å²) in [6.45, 7) is 11.0. The number of ether oxygens (including phenoxy) is 4. The molecule has 0 aromatic heterocycles. The number of cyclic esters (lactones) is 1. The van der Waals surface area contributed by atoms with E-state index in [0.29, 0.717) is 6.61 Å². The van der Waals surface area contributed by atoms with Crippen molar-refractivity contribution in [2.75, 3.05) is 27.4 Å². The Morgan fingerprint density at radius 3 is 2.53 bits per heavy atom. The summed E-state index contributed by atoms with van der Waals surface area (Å²) in [5.41, 5.74) is 2.94. The molecule has 6 atom stereocenters. The van der Waals surface area contributed by atoms with Crippen LogP contribution in [0, 0.1) is 23.7 Å². The molecule has 1 aromatic rings. The van der Waals surface area contributed by atoms with Crippen molar-refractivity contribution >= 4 is 5.97 Å². The predicted octanol–water partition coefficient (Wildman–Crippen LogP) is 3.15. The lowest BCUT2D eigenvalue weighted by Gasteiger charge is -2.29. The number of carbonyl (C=O) groups excluding carboxylic acids is 1. The highest BCUT2D eigenvalue weighted by Crippen LogP contribution is 2.48. The lowest BCUT2D eigenvalue weighted by molar-refractivity contribution is -0.146. The number of allylic oxidation sites excluding steroid dienone is 1. The molecule has 6 heteroatoms. The molecule has 6 nitrogen and oxygen atoms in total. The first-order chi connectivity index (χ1) is 14.4. The zero-order chi connectivity index (χ0) is 21.8. The highest BCUT2D eigenvalue weighted by Gasteiger charge is 2.53. The summed E-state index contributed by atoms with van der Waals surface area (Å²) in [7, 11) is 3.18. The third kappa shape index (κ3) is 4.46. The van der Waals surface area contributed by atoms with Gasteiger partial charge in [-0.25, -0.2) is 0 Å². The van der Waals surface area contributed by atoms with Crippen LogP contribution in [-0.4, -0.2) is 50.7 Å². The second kappa shape index (κ2) is 9.77. The van der Waals surface area contributed by atoms with Gasteiger partial charge in [-0.3, -0.25) is 4.79 Å². The van der Waals surface area contributed by atoms with Gasteiger partial charge in [0.15, 0.2) is 0 Å². The van der Waals surface area contributed by atoms with E-state index in [1.54, 1.807) is 14.2 Å². The van der Waals surface area contributed by atoms with E-state index in [0.717, 1.165) is 28.9 Å². The zero-order valence-electron chi connectivity index (χ0n) is 18.0. The molecule has 0 bridgehead atoms. The van der Waals surface area contributed by atoms with Gasteiger partial charge in [-0.05, 0) is 42.5 Å². The number of rotatable bonds is 9. The lowest BCUT2D eigenvalue weighted by atomic mass is 9.77. The number of esters is 1. The van der Waals surface area contributed by atoms with Gasteiger partial charge in [0.1, 0.15) is 11.9 Å². The number of hydrogen-bond acceptors (Lipinski definition) is 6. The molecule has 1 saturated carbocycles. The average Bonchev–Trinajstić information content (AvgIpc) is 3.23. The molecule has 3 rings (SSSR count). The Morgan fingerprint density at radius 1 is 1.27 bits per heavy atom. The highest BCUT2D eigenvalue weighted by atomic mass is 16.6. The van der Waals surface area contributed by atoms with Crippen LogP contribution in [-0.2, 0) is 25.6 Å². The maximum atomic E-state index is 12.4. The van der Waals surface area contributed by atoms with Crippen LogP contribution in [0.4, 0.5) is 0 Å². The van der Waals surface area contributed by atoms with Gasteiger partial charge < -0.3 is 24.1 Å². The first-order valence-corrected chi connectivity index (χ1v) is 10.3. The summed E-state index contributed by atoms with van der Waals surface area (Å²) in [5.74, 6) is -0.381. The number of aliphatic hydroxyl groups is 1. The van der Waals surface area contributed by atoms with Gasteiger partial charge in [0.05, 0.1) is 39.0 Å². The van der Waals surface area contributed by atoms with Crippen LogP contribution in [0.2, 0.25) is 0 Å². The summed E-state index contributed by atoms with van der Waals surface area (Å²) in [4.78, 5) is 12.4. The second-order valence-electron chi connectivity index (χ2n) is 8.25. The number of hydrogen-bond donors (Lipinski definition) is 1. The Balaban J connectivity index is 1.74. The van der Waals surface area contributed by atoms with Crippen LogP contribution in [0.5, 0.6) is 5.75 Å². The molecule has 0 radical (unpaired) electrons. The first kappa shape index (κ1) is 22.5. The van der Waals surface area contributed by atoms with Crippen LogP contribution in [0.25, 0.3) is 0 Å². The van der Waals surface area contributed by atoms with Gasteiger partial charge >= 0.3 is 5.97 Å². The van der Waals surface area contributed by atoms with E-state index in [1.165, 1.54) is 0 Å². The quantitative estimate of drug-likeness (QED) is 0.492. The minimum Gasteiger partial charge on any atom is -0.497 e. The molecule has 1 N–H and O–H groups in total. The number of methoxy groups -OCH3 is 2. The molecule has 1 heterocycles. The summed E-state index contributed by atoms with van der Waals surface area (Å²) >= 11 is 0. The third-order valence-electron chi connectivity index (χ3n) is 6.39. The fourth-order valence-electron chi connectivity index (χ4n) is 4.70. The second-order valence-corrected chi connectivity index (χ2v) is 8.25. The Morgan fingerprint density at radius 2 is 1.97 bits per heavy atom. The summed E-state index contributed by atoms with van der Waals surface area (Å²) in [6.07, 6.45) is 0.112. The molecule has 2 fully saturated rings. The Bertz CT molecular complexity index is 770. The Hall–Kier alpha value is -2.15. The first-order valence-electron chi connectivity index (χ1n) is 10.3. The number of benzene rings is 1. The number of carbonyl (C=O) groups is 1. The fourth-order valence-corrected chi connectivity index (χ4v) is 4.70. The van der Waals surface area contributed by atoms with Gasteiger partial charge in [0.2, 0.25) is 0 Å². The van der Waals surface area contributed by atoms with E-state index < -0.39 is 12.0 Å². The van der Waals surface area contributed by atoms with Crippen LogP contribution >= 0.6 is 0 Å². The summed E-state index contributed by atoms with van der Waals surface area (Å²) in [5, 5.41) is 10.0. The van der Waals surface area contributed by atoms with Crippen molar-refractivity contribution in [3.8, 4) is 5.75 Å². The maximum Gasteiger partial charge on any atom is 0.312 e. The minimum absolute atomic E-state index is 0.0755. The fraction of sp³-hybridized carbons (Fsp3) is 0.542. The SMILES string of the molecule is C=C1[C@H]([C@H]2OC(=O)C(COC)C2CO)[C@H](C(=C)C)C[C@@H]1OCc1ccc(OC)cc1. The van der Waals surface area contributed by atoms with Gasteiger partial charge in [-0.15, -0.1) is 0 Å². The van der Waals surface area contributed by atoms with Crippen LogP contribution < -0.4 is 4.74 Å². The van der Waals surface area contributed by atoms with Crippen molar-refractivity contribution in [2.24, 2.45) is 23.7 Å². The minimum atomic E-state index is -0.470. The van der Waals surface area contributed by atoms with Crippen LogP contribution in [0.15, 0.2) is 48.6 Å². The molecular formula is C24H32O6. The molecule has 1 aliphatic heterocycles. The van der Waals surface area contributed by atoms with E-state index >= 15 is 0 Å². The van der Waals surface area contributed by atoms with Gasteiger partial charge in [0, 0.05) is 18.9 Å². The molecule has 1 aromatic carbocycles. The predicted molar refractivity (Wildman–Crippen MR) is 113 cm³/mol. The zero-order valence-corrected chi connectivity index (χ0v) is 18.0. The maximum absolute atomic E-state index is 12.4. The van der Waals surface area contributed by atoms with Gasteiger partial charge in [-0.1, -0.05) is 30.9 Å². The largest absolute Gasteiger partial charge is 0.497 e. The molecule has 2 unspecified atom stereocenters. The van der Waals surface area contributed by atoms with Crippen molar-refractivity contribution in [2.45, 2.75) is 32.2 Å². The molecular weight excluding hydrogens is 384 g/mol. The van der Waals surface area contributed by atoms with Crippen molar-refractivity contribution in [1.82, 2.24) is 0 Å². The molecule has 164 valence electrons. The summed E-state index contributed by atoms with van der Waals surface area (Å²) < 4.78 is 22.3. The third-order valence-corrected chi connectivity index (χ3v) is 6.39. The monoisotopic (exact) mass is 416 g/mol. The molecule has 1 aliphatic carbocycles. The molecule has 1 saturated heterocycles. The highest BCUT2D eigenvalue weighted by molar-refractivity contribution is 5.75. The summed E-state index contributed by atoms with van der Waals surface area (Å²) in [6, 6.07) is 7.75. The van der Waals surface area contributed by atoms with Crippen molar-refractivity contribution in [3.63, 3.8) is 0 Å². The van der Waals surface area contributed by atoms with Crippen molar-refractivity contribution < 1.29 is 28.8 Å². The van der Waals surface area contributed by atoms with Crippen molar-refractivity contribution in [1.29, 1.82) is 0 Å². The van der Waals surface area contributed by atoms with E-state index in [9.17, 15) is 9.90 Å². The smallest absolute Gasteiger partial charge is 0.312 e. The average molecular weight is 417 g/mol. The van der Waals surface area contributed by atoms with Gasteiger partial charge in [0.25, 0.3) is 0 Å². The standard InChI is InChI=1S/C24H32O6/c1-14(2)18-10-21(29-12-16-6-8-17(28-5)9-7-16)15(3)22(18)23-19(11-25)20(13-27-4)24(26)30-23/h6-9,18-23,25H,1,3,10-13H2,2,4-5H3/t18-,19?,20?,21-,22-,23-/m0/s1. The Kier molecular flexibility index (Phi) is 7.34.